The molecule has 2 aromatic rings. The first-order valence-corrected chi connectivity index (χ1v) is 9.82. The predicted molar refractivity (Wildman–Crippen MR) is 112 cm³/mol. The second-order valence-electron chi connectivity index (χ2n) is 7.72. The summed E-state index contributed by atoms with van der Waals surface area (Å²) in [5, 5.41) is 0. The van der Waals surface area contributed by atoms with E-state index in [9.17, 15) is 0 Å². The molecule has 0 fully saturated rings. The Hall–Kier alpha value is -1.90. The number of hydrogen-bond donors (Lipinski definition) is 0. The van der Waals surface area contributed by atoms with Crippen LogP contribution in [0.3, 0.4) is 0 Å². The fourth-order valence-corrected chi connectivity index (χ4v) is 3.67. The highest BCUT2D eigenvalue weighted by Gasteiger charge is 2.11. The van der Waals surface area contributed by atoms with Crippen LogP contribution in [0.15, 0.2) is 54.6 Å². The molecule has 0 amide bonds. The van der Waals surface area contributed by atoms with Crippen LogP contribution in [0, 0.1) is 6.92 Å². The van der Waals surface area contributed by atoms with Gasteiger partial charge in [0.25, 0.3) is 0 Å². The number of benzene rings is 2. The standard InChI is InChI=1S/C14H19N.C10H13N/c1-12-5-7-14(8-6-12)13-4-3-10-15(2)11-9-13;1-11-7-6-9-4-2-3-5-10(9)8-11/h5-9H,3-4,10-11H2,1-2H3;2-5H,6-8H2,1H3. The first-order valence-electron chi connectivity index (χ1n) is 9.82. The largest absolute Gasteiger partial charge is 0.303 e. The van der Waals surface area contributed by atoms with Crippen LogP contribution >= 0.6 is 0 Å². The number of allylic oxidation sites excluding steroid dienone is 1. The van der Waals surface area contributed by atoms with E-state index in [1.54, 1.807) is 0 Å². The van der Waals surface area contributed by atoms with E-state index in [0.29, 0.717) is 0 Å². The van der Waals surface area contributed by atoms with Crippen molar-refractivity contribution >= 4 is 5.57 Å². The summed E-state index contributed by atoms with van der Waals surface area (Å²) in [5.41, 5.74) is 7.28. The molecule has 0 bridgehead atoms. The van der Waals surface area contributed by atoms with Crippen molar-refractivity contribution in [2.45, 2.75) is 32.7 Å². The van der Waals surface area contributed by atoms with E-state index in [4.69, 9.17) is 0 Å². The molecule has 0 spiro atoms. The molecule has 0 aromatic heterocycles. The lowest BCUT2D eigenvalue weighted by Gasteiger charge is -2.24. The number of likely N-dealkylation sites (N-methyl/N-ethyl adjacent to an activating group) is 2. The monoisotopic (exact) mass is 348 g/mol. The lowest BCUT2D eigenvalue weighted by Crippen LogP contribution is -2.26. The molecular formula is C24H32N2. The third-order valence-electron chi connectivity index (χ3n) is 5.38. The smallest absolute Gasteiger partial charge is 0.0233 e. The first-order chi connectivity index (χ1) is 12.6. The summed E-state index contributed by atoms with van der Waals surface area (Å²) in [7, 11) is 4.37. The SMILES string of the molecule is CN1CCc2ccccc2C1.Cc1ccc(C2=CCN(C)CCC2)cc1. The molecule has 2 aromatic carbocycles. The number of hydrogen-bond acceptors (Lipinski definition) is 2. The zero-order chi connectivity index (χ0) is 18.4. The van der Waals surface area contributed by atoms with Crippen molar-refractivity contribution in [1.29, 1.82) is 0 Å². The minimum Gasteiger partial charge on any atom is -0.303 e. The maximum Gasteiger partial charge on any atom is 0.0233 e. The highest BCUT2D eigenvalue weighted by atomic mass is 15.1. The topological polar surface area (TPSA) is 6.48 Å². The Morgan fingerprint density at radius 3 is 2.27 bits per heavy atom. The molecule has 2 heterocycles. The van der Waals surface area contributed by atoms with Gasteiger partial charge in [-0.05, 0) is 69.1 Å². The third-order valence-corrected chi connectivity index (χ3v) is 5.38. The van der Waals surface area contributed by atoms with Crippen molar-refractivity contribution in [2.75, 3.05) is 33.7 Å². The number of aryl methyl sites for hydroxylation is 1. The molecule has 2 aliphatic heterocycles. The van der Waals surface area contributed by atoms with Crippen LogP contribution in [0.4, 0.5) is 0 Å². The lowest BCUT2D eigenvalue weighted by atomic mass is 10.0. The Balaban J connectivity index is 0.000000158. The van der Waals surface area contributed by atoms with Crippen molar-refractivity contribution in [3.05, 3.63) is 76.9 Å². The van der Waals surface area contributed by atoms with Gasteiger partial charge < -0.3 is 9.80 Å². The van der Waals surface area contributed by atoms with Gasteiger partial charge in [-0.1, -0.05) is 60.2 Å². The van der Waals surface area contributed by atoms with Crippen LogP contribution in [-0.4, -0.2) is 43.5 Å². The van der Waals surface area contributed by atoms with Crippen LogP contribution in [0.25, 0.3) is 5.57 Å². The Morgan fingerprint density at radius 1 is 0.769 bits per heavy atom. The van der Waals surface area contributed by atoms with E-state index in [1.807, 2.05) is 0 Å². The van der Waals surface area contributed by atoms with E-state index in [0.717, 1.165) is 13.1 Å². The van der Waals surface area contributed by atoms with E-state index in [-0.39, 0.29) is 0 Å². The Kier molecular flexibility index (Phi) is 6.65. The van der Waals surface area contributed by atoms with Gasteiger partial charge in [0, 0.05) is 19.6 Å². The fourth-order valence-electron chi connectivity index (χ4n) is 3.67. The van der Waals surface area contributed by atoms with Gasteiger partial charge in [-0.2, -0.15) is 0 Å². The molecular weight excluding hydrogens is 316 g/mol. The van der Waals surface area contributed by atoms with E-state index >= 15 is 0 Å². The summed E-state index contributed by atoms with van der Waals surface area (Å²) in [6.45, 7) is 6.77. The molecule has 0 aliphatic carbocycles. The number of rotatable bonds is 1. The van der Waals surface area contributed by atoms with Crippen LogP contribution in [0.1, 0.15) is 35.1 Å². The minimum atomic E-state index is 1.09. The molecule has 4 rings (SSSR count). The van der Waals surface area contributed by atoms with Crippen molar-refractivity contribution in [3.63, 3.8) is 0 Å². The van der Waals surface area contributed by atoms with Gasteiger partial charge in [0.15, 0.2) is 0 Å². The average Bonchev–Trinajstić information content (AvgIpc) is 2.87. The van der Waals surface area contributed by atoms with Crippen LogP contribution in [0.5, 0.6) is 0 Å². The van der Waals surface area contributed by atoms with Crippen molar-refractivity contribution < 1.29 is 0 Å². The summed E-state index contributed by atoms with van der Waals surface area (Å²) < 4.78 is 0. The van der Waals surface area contributed by atoms with Crippen LogP contribution < -0.4 is 0 Å². The van der Waals surface area contributed by atoms with Crippen LogP contribution in [-0.2, 0) is 13.0 Å². The van der Waals surface area contributed by atoms with Crippen molar-refractivity contribution in [1.82, 2.24) is 9.80 Å². The number of nitrogens with zero attached hydrogens (tertiary/aromatic N) is 2. The molecule has 2 heteroatoms. The first kappa shape index (κ1) is 18.9. The van der Waals surface area contributed by atoms with Gasteiger partial charge in [-0.3, -0.25) is 0 Å². The maximum atomic E-state index is 2.38. The third kappa shape index (κ3) is 5.30. The summed E-state index contributed by atoms with van der Waals surface area (Å²) in [4.78, 5) is 4.74. The van der Waals surface area contributed by atoms with Crippen molar-refractivity contribution in [3.8, 4) is 0 Å². The van der Waals surface area contributed by atoms with Crippen molar-refractivity contribution in [2.24, 2.45) is 0 Å². The minimum absolute atomic E-state index is 1.09. The molecule has 0 saturated heterocycles. The molecule has 2 nitrogen and oxygen atoms in total. The molecule has 0 radical (unpaired) electrons. The van der Waals surface area contributed by atoms with E-state index in [1.165, 1.54) is 60.2 Å². The molecule has 2 aliphatic rings. The molecule has 0 atom stereocenters. The average molecular weight is 349 g/mol. The summed E-state index contributed by atoms with van der Waals surface area (Å²) in [5.74, 6) is 0. The van der Waals surface area contributed by atoms with Gasteiger partial charge >= 0.3 is 0 Å². The summed E-state index contributed by atoms with van der Waals surface area (Å²) >= 11 is 0. The van der Waals surface area contributed by atoms with Gasteiger partial charge in [0.1, 0.15) is 0 Å². The summed E-state index contributed by atoms with van der Waals surface area (Å²) in [6.07, 6.45) is 6.08. The Labute approximate surface area is 159 Å². The predicted octanol–water partition coefficient (Wildman–Crippen LogP) is 4.78. The Bertz CT molecular complexity index is 730. The van der Waals surface area contributed by atoms with Gasteiger partial charge in [-0.25, -0.2) is 0 Å². The van der Waals surface area contributed by atoms with Gasteiger partial charge in [0.2, 0.25) is 0 Å². The fraction of sp³-hybridized carbons (Fsp3) is 0.417. The molecule has 0 unspecified atom stereocenters. The maximum absolute atomic E-state index is 2.38. The summed E-state index contributed by atoms with van der Waals surface area (Å²) in [6, 6.07) is 17.6. The van der Waals surface area contributed by atoms with Crippen LogP contribution in [0.2, 0.25) is 0 Å². The second-order valence-corrected chi connectivity index (χ2v) is 7.72. The zero-order valence-corrected chi connectivity index (χ0v) is 16.5. The zero-order valence-electron chi connectivity index (χ0n) is 16.5. The highest BCUT2D eigenvalue weighted by molar-refractivity contribution is 5.66. The lowest BCUT2D eigenvalue weighted by molar-refractivity contribution is 0.313. The van der Waals surface area contributed by atoms with Gasteiger partial charge in [0.05, 0.1) is 0 Å². The van der Waals surface area contributed by atoms with E-state index in [2.05, 4.69) is 85.4 Å². The van der Waals surface area contributed by atoms with E-state index < -0.39 is 0 Å². The molecule has 0 saturated carbocycles. The molecule has 0 N–H and O–H groups in total. The highest BCUT2D eigenvalue weighted by Crippen LogP contribution is 2.22. The molecule has 138 valence electrons. The molecule has 26 heavy (non-hydrogen) atoms. The second kappa shape index (κ2) is 9.16. The van der Waals surface area contributed by atoms with Gasteiger partial charge in [-0.15, -0.1) is 0 Å². The normalized spacial score (nSPS) is 18.2. The quantitative estimate of drug-likeness (QED) is 0.732. The Morgan fingerprint density at radius 2 is 1.50 bits per heavy atom. The number of fused-ring (bicyclic) bond motifs is 1.